The van der Waals surface area contributed by atoms with Crippen LogP contribution >= 0.6 is 23.5 Å². The SMILES string of the molecule is COc1c(F)c(F)c(F)c(F)c1F.COc1ccc([N+](=O)[O-])cc1.CSc1ccccc1.CSc1ccccn1. The summed E-state index contributed by atoms with van der Waals surface area (Å²) >= 11 is 3.43. The maximum absolute atomic E-state index is 12.6. The molecule has 3 aromatic carbocycles. The molecule has 0 saturated carbocycles. The van der Waals surface area contributed by atoms with Crippen molar-refractivity contribution in [3.05, 3.63) is 118 Å². The number of non-ortho nitro benzene ring substituents is 1. The van der Waals surface area contributed by atoms with Crippen LogP contribution in [-0.4, -0.2) is 36.6 Å². The minimum Gasteiger partial charge on any atom is -0.497 e. The summed E-state index contributed by atoms with van der Waals surface area (Å²) in [6.07, 6.45) is 5.89. The normalized spacial score (nSPS) is 9.53. The molecule has 1 heterocycles. The smallest absolute Gasteiger partial charge is 0.269 e. The Hall–Kier alpha value is -3.84. The molecular formula is C27H25F5N2O4S2. The number of pyridine rings is 1. The molecule has 0 unspecified atom stereocenters. The topological polar surface area (TPSA) is 74.5 Å². The summed E-state index contributed by atoms with van der Waals surface area (Å²) in [4.78, 5) is 15.1. The van der Waals surface area contributed by atoms with Crippen LogP contribution in [0.5, 0.6) is 11.5 Å². The third-order valence-electron chi connectivity index (χ3n) is 4.48. The maximum Gasteiger partial charge on any atom is 0.269 e. The van der Waals surface area contributed by atoms with Crippen molar-refractivity contribution in [3.8, 4) is 11.5 Å². The second-order valence-corrected chi connectivity index (χ2v) is 8.65. The molecule has 6 nitrogen and oxygen atoms in total. The first kappa shape index (κ1) is 34.2. The molecule has 0 atom stereocenters. The average Bonchev–Trinajstić information content (AvgIpc) is 3.01. The van der Waals surface area contributed by atoms with Gasteiger partial charge in [0.15, 0.2) is 5.75 Å². The fourth-order valence-electron chi connectivity index (χ4n) is 2.49. The number of aromatic nitrogens is 1. The van der Waals surface area contributed by atoms with Gasteiger partial charge in [0.1, 0.15) is 5.75 Å². The summed E-state index contributed by atoms with van der Waals surface area (Å²) in [6, 6.07) is 22.1. The molecule has 0 aliphatic heterocycles. The molecular weight excluding hydrogens is 575 g/mol. The Labute approximate surface area is 236 Å². The number of nitro benzene ring substituents is 1. The second kappa shape index (κ2) is 18.4. The first-order valence-corrected chi connectivity index (χ1v) is 13.4. The number of nitrogens with zero attached hydrogens (tertiary/aromatic N) is 2. The van der Waals surface area contributed by atoms with Crippen molar-refractivity contribution >= 4 is 29.2 Å². The molecule has 40 heavy (non-hydrogen) atoms. The molecule has 0 radical (unpaired) electrons. The number of thioether (sulfide) groups is 2. The van der Waals surface area contributed by atoms with Crippen LogP contribution in [0.1, 0.15) is 0 Å². The van der Waals surface area contributed by atoms with Crippen molar-refractivity contribution in [2.24, 2.45) is 0 Å². The minimum absolute atomic E-state index is 0.0748. The van der Waals surface area contributed by atoms with Crippen LogP contribution in [0.2, 0.25) is 0 Å². The lowest BCUT2D eigenvalue weighted by Crippen LogP contribution is -2.04. The Kier molecular flexibility index (Phi) is 15.8. The van der Waals surface area contributed by atoms with E-state index in [0.29, 0.717) is 5.75 Å². The lowest BCUT2D eigenvalue weighted by atomic mass is 10.3. The van der Waals surface area contributed by atoms with Crippen molar-refractivity contribution < 1.29 is 36.3 Å². The van der Waals surface area contributed by atoms with Crippen LogP contribution in [0, 0.1) is 39.2 Å². The van der Waals surface area contributed by atoms with Crippen LogP contribution in [0.3, 0.4) is 0 Å². The van der Waals surface area contributed by atoms with Crippen LogP contribution in [0.25, 0.3) is 0 Å². The van der Waals surface area contributed by atoms with Crippen LogP contribution in [-0.2, 0) is 0 Å². The van der Waals surface area contributed by atoms with E-state index < -0.39 is 39.8 Å². The zero-order valence-electron chi connectivity index (χ0n) is 21.7. The lowest BCUT2D eigenvalue weighted by Gasteiger charge is -2.05. The second-order valence-electron chi connectivity index (χ2n) is 6.95. The lowest BCUT2D eigenvalue weighted by molar-refractivity contribution is -0.384. The molecule has 4 rings (SSSR count). The van der Waals surface area contributed by atoms with Crippen molar-refractivity contribution in [1.82, 2.24) is 4.98 Å². The van der Waals surface area contributed by atoms with Crippen molar-refractivity contribution in [3.63, 3.8) is 0 Å². The summed E-state index contributed by atoms with van der Waals surface area (Å²) in [5.41, 5.74) is 0.0748. The van der Waals surface area contributed by atoms with Gasteiger partial charge in [-0.1, -0.05) is 24.3 Å². The standard InChI is InChI=1S/C7H3F5O.C7H7NO3.C7H8S.C6H7NS/c1-13-7-5(11)3(9)2(8)4(10)6(7)12;1-11-7-4-2-6(3-5-7)8(9)10;1-8-7-5-3-2-4-6-7;1-8-6-4-2-3-5-7-6/h1H3;2-5H,1H3;2-6H,1H3;2-5H,1H3. The van der Waals surface area contributed by atoms with Gasteiger partial charge in [-0.05, 0) is 48.9 Å². The molecule has 214 valence electrons. The first-order valence-electron chi connectivity index (χ1n) is 11.0. The van der Waals surface area contributed by atoms with E-state index in [1.807, 2.05) is 42.7 Å². The summed E-state index contributed by atoms with van der Waals surface area (Å²) in [5.74, 6) is -10.8. The monoisotopic (exact) mass is 600 g/mol. The van der Waals surface area contributed by atoms with Gasteiger partial charge >= 0.3 is 0 Å². The Morgan fingerprint density at radius 1 is 0.700 bits per heavy atom. The number of ether oxygens (including phenoxy) is 2. The molecule has 0 aliphatic carbocycles. The molecule has 4 aromatic rings. The van der Waals surface area contributed by atoms with Crippen molar-refractivity contribution in [2.75, 3.05) is 26.7 Å². The third-order valence-corrected chi connectivity index (χ3v) is 5.89. The molecule has 13 heteroatoms. The fraction of sp³-hybridized carbons (Fsp3) is 0.148. The number of benzene rings is 3. The van der Waals surface area contributed by atoms with E-state index in [-0.39, 0.29) is 5.69 Å². The van der Waals surface area contributed by atoms with E-state index >= 15 is 0 Å². The van der Waals surface area contributed by atoms with Gasteiger partial charge in [0.25, 0.3) is 5.69 Å². The van der Waals surface area contributed by atoms with Gasteiger partial charge in [0.05, 0.1) is 24.2 Å². The number of methoxy groups -OCH3 is 2. The number of hydrogen-bond acceptors (Lipinski definition) is 7. The van der Waals surface area contributed by atoms with E-state index in [2.05, 4.69) is 28.1 Å². The molecule has 0 bridgehead atoms. The predicted octanol–water partition coefficient (Wildman–Crippen LogP) is 8.21. The number of halogens is 5. The Morgan fingerprint density at radius 2 is 1.23 bits per heavy atom. The van der Waals surface area contributed by atoms with Gasteiger partial charge in [-0.15, -0.1) is 23.5 Å². The third kappa shape index (κ3) is 11.1. The summed E-state index contributed by atoms with van der Waals surface area (Å²) < 4.78 is 71.0. The van der Waals surface area contributed by atoms with Crippen molar-refractivity contribution in [2.45, 2.75) is 9.92 Å². The summed E-state index contributed by atoms with van der Waals surface area (Å²) in [5, 5.41) is 11.2. The Morgan fingerprint density at radius 3 is 1.57 bits per heavy atom. The molecule has 0 N–H and O–H groups in total. The van der Waals surface area contributed by atoms with Gasteiger partial charge in [0.2, 0.25) is 29.1 Å². The Balaban J connectivity index is 0.000000272. The molecule has 0 fully saturated rings. The fourth-order valence-corrected chi connectivity index (χ4v) is 3.30. The van der Waals surface area contributed by atoms with Gasteiger partial charge in [0, 0.05) is 23.2 Å². The van der Waals surface area contributed by atoms with Gasteiger partial charge in [-0.2, -0.15) is 8.78 Å². The van der Waals surface area contributed by atoms with E-state index in [4.69, 9.17) is 4.74 Å². The number of hydrogen-bond donors (Lipinski definition) is 0. The summed E-state index contributed by atoms with van der Waals surface area (Å²) in [7, 11) is 2.32. The molecule has 1 aromatic heterocycles. The highest BCUT2D eigenvalue weighted by molar-refractivity contribution is 7.98. The molecule has 0 aliphatic rings. The van der Waals surface area contributed by atoms with Crippen molar-refractivity contribution in [1.29, 1.82) is 0 Å². The number of rotatable bonds is 5. The zero-order chi connectivity index (χ0) is 30.1. The van der Waals surface area contributed by atoms with E-state index in [9.17, 15) is 32.1 Å². The average molecular weight is 601 g/mol. The van der Waals surface area contributed by atoms with Gasteiger partial charge < -0.3 is 9.47 Å². The Bertz CT molecular complexity index is 1250. The predicted molar refractivity (Wildman–Crippen MR) is 147 cm³/mol. The number of nitro groups is 1. The largest absolute Gasteiger partial charge is 0.497 e. The van der Waals surface area contributed by atoms with Crippen LogP contribution in [0.15, 0.2) is 88.9 Å². The summed E-state index contributed by atoms with van der Waals surface area (Å²) in [6.45, 7) is 0. The molecule has 0 saturated heterocycles. The van der Waals surface area contributed by atoms with Gasteiger partial charge in [-0.3, -0.25) is 10.1 Å². The zero-order valence-corrected chi connectivity index (χ0v) is 23.4. The highest BCUT2D eigenvalue weighted by atomic mass is 32.2. The van der Waals surface area contributed by atoms with E-state index in [1.165, 1.54) is 24.1 Å². The van der Waals surface area contributed by atoms with Crippen LogP contribution in [0.4, 0.5) is 27.6 Å². The van der Waals surface area contributed by atoms with Gasteiger partial charge in [-0.25, -0.2) is 18.2 Å². The van der Waals surface area contributed by atoms with E-state index in [1.54, 1.807) is 41.9 Å². The quantitative estimate of drug-likeness (QED) is 0.0571. The molecule has 0 spiro atoms. The highest BCUT2D eigenvalue weighted by Crippen LogP contribution is 2.28. The first-order chi connectivity index (χ1) is 19.1. The molecule has 0 amide bonds. The highest BCUT2D eigenvalue weighted by Gasteiger charge is 2.26. The minimum atomic E-state index is -2.20. The van der Waals surface area contributed by atoms with Crippen LogP contribution < -0.4 is 9.47 Å². The van der Waals surface area contributed by atoms with E-state index in [0.717, 1.165) is 12.1 Å². The maximum atomic E-state index is 12.6.